The van der Waals surface area contributed by atoms with Gasteiger partial charge in [0.15, 0.2) is 23.7 Å². The molecule has 4 aromatic rings. The van der Waals surface area contributed by atoms with E-state index in [1.54, 1.807) is 10.6 Å². The first-order chi connectivity index (χ1) is 17.5. The second kappa shape index (κ2) is 9.32. The first-order valence-electron chi connectivity index (χ1n) is 12.0. The van der Waals surface area contributed by atoms with Crippen LogP contribution >= 0.6 is 0 Å². The number of hydrogen-bond donors (Lipinski definition) is 2. The molecule has 0 aliphatic carbocycles. The third-order valence-electron chi connectivity index (χ3n) is 6.89. The van der Waals surface area contributed by atoms with Crippen molar-refractivity contribution in [3.05, 3.63) is 58.5 Å². The van der Waals surface area contributed by atoms with Crippen molar-refractivity contribution >= 4 is 33.5 Å². The molecule has 36 heavy (non-hydrogen) atoms. The van der Waals surface area contributed by atoms with Crippen LogP contribution < -0.4 is 20.9 Å². The fourth-order valence-electron chi connectivity index (χ4n) is 4.95. The van der Waals surface area contributed by atoms with Crippen LogP contribution in [-0.2, 0) is 17.9 Å². The Kier molecular flexibility index (Phi) is 5.86. The predicted molar refractivity (Wildman–Crippen MR) is 130 cm³/mol. The summed E-state index contributed by atoms with van der Waals surface area (Å²) < 4.78 is 26.0. The molecule has 0 bridgehead atoms. The molecule has 10 nitrogen and oxygen atoms in total. The highest BCUT2D eigenvalue weighted by atomic mass is 19.1. The lowest BCUT2D eigenvalue weighted by Gasteiger charge is -2.32. The minimum atomic E-state index is -0.387. The minimum absolute atomic E-state index is 0.0153. The Morgan fingerprint density at radius 1 is 1.11 bits per heavy atom. The van der Waals surface area contributed by atoms with E-state index in [2.05, 4.69) is 25.7 Å². The third kappa shape index (κ3) is 4.31. The van der Waals surface area contributed by atoms with E-state index in [4.69, 9.17) is 9.26 Å². The summed E-state index contributed by atoms with van der Waals surface area (Å²) in [7, 11) is 0. The number of halogens is 1. The number of hydrogen-bond acceptors (Lipinski definition) is 8. The normalized spacial score (nSPS) is 16.8. The van der Waals surface area contributed by atoms with Gasteiger partial charge in [0.25, 0.3) is 11.5 Å². The summed E-state index contributed by atoms with van der Waals surface area (Å²) in [6.45, 7) is 3.49. The average molecular weight is 493 g/mol. The van der Waals surface area contributed by atoms with Crippen LogP contribution in [0.4, 0.5) is 10.2 Å². The molecule has 5 heterocycles. The summed E-state index contributed by atoms with van der Waals surface area (Å²) in [6, 6.07) is 8.50. The number of aromatic nitrogens is 3. The highest BCUT2D eigenvalue weighted by Crippen LogP contribution is 2.26. The van der Waals surface area contributed by atoms with Crippen LogP contribution in [-0.4, -0.2) is 57.8 Å². The number of benzene rings is 1. The van der Waals surface area contributed by atoms with Gasteiger partial charge in [-0.2, -0.15) is 0 Å². The average Bonchev–Trinajstić information content (AvgIpc) is 3.38. The molecular weight excluding hydrogens is 467 g/mol. The molecule has 3 aromatic heterocycles. The zero-order valence-corrected chi connectivity index (χ0v) is 19.5. The Labute approximate surface area is 205 Å². The van der Waals surface area contributed by atoms with Gasteiger partial charge in [-0.05, 0) is 56.3 Å². The quantitative estimate of drug-likeness (QED) is 0.421. The van der Waals surface area contributed by atoms with E-state index >= 15 is 0 Å². The SMILES string of the molecule is O=C1COc2ccc(CNC3CCN(CCn4c(=O)c5nocc5c5ccc(F)cc54)CC3)nc2N1. The van der Waals surface area contributed by atoms with E-state index in [1.165, 1.54) is 18.4 Å². The van der Waals surface area contributed by atoms with Gasteiger partial charge in [-0.25, -0.2) is 9.37 Å². The van der Waals surface area contributed by atoms with E-state index in [9.17, 15) is 14.0 Å². The lowest BCUT2D eigenvalue weighted by molar-refractivity contribution is -0.118. The Morgan fingerprint density at radius 2 is 1.97 bits per heavy atom. The number of pyridine rings is 2. The molecule has 1 amide bonds. The molecule has 0 unspecified atom stereocenters. The topological polar surface area (TPSA) is 115 Å². The van der Waals surface area contributed by atoms with Crippen molar-refractivity contribution in [2.24, 2.45) is 0 Å². The third-order valence-corrected chi connectivity index (χ3v) is 6.89. The van der Waals surface area contributed by atoms with Gasteiger partial charge in [0.05, 0.1) is 16.6 Å². The van der Waals surface area contributed by atoms with Crippen molar-refractivity contribution in [3.8, 4) is 5.75 Å². The van der Waals surface area contributed by atoms with Crippen LogP contribution in [0.3, 0.4) is 0 Å². The number of piperidine rings is 1. The second-order valence-corrected chi connectivity index (χ2v) is 9.18. The first kappa shape index (κ1) is 22.6. The standard InChI is InChI=1S/C25H25FN6O4/c26-15-1-3-18-19-13-36-30-23(19)25(34)32(20(18)11-15)10-9-31-7-5-16(6-8-31)27-12-17-2-4-21-24(28-17)29-22(33)14-35-21/h1-4,11,13,16,27H,5-10,12,14H2,(H,28,29,33). The molecule has 1 fully saturated rings. The largest absolute Gasteiger partial charge is 0.480 e. The van der Waals surface area contributed by atoms with Crippen molar-refractivity contribution in [2.45, 2.75) is 32.0 Å². The molecule has 11 heteroatoms. The lowest BCUT2D eigenvalue weighted by Crippen LogP contribution is -2.43. The molecular formula is C25H25FN6O4. The monoisotopic (exact) mass is 492 g/mol. The molecule has 0 atom stereocenters. The van der Waals surface area contributed by atoms with Gasteiger partial charge in [0, 0.05) is 31.1 Å². The molecule has 2 N–H and O–H groups in total. The fraction of sp³-hybridized carbons (Fsp3) is 0.360. The van der Waals surface area contributed by atoms with Gasteiger partial charge in [-0.3, -0.25) is 9.59 Å². The predicted octanol–water partition coefficient (Wildman–Crippen LogP) is 2.26. The zero-order valence-electron chi connectivity index (χ0n) is 19.5. The summed E-state index contributed by atoms with van der Waals surface area (Å²) in [5.74, 6) is 0.464. The van der Waals surface area contributed by atoms with Crippen molar-refractivity contribution in [2.75, 3.05) is 31.6 Å². The van der Waals surface area contributed by atoms with E-state index in [-0.39, 0.29) is 29.4 Å². The van der Waals surface area contributed by atoms with Gasteiger partial charge in [0.1, 0.15) is 12.1 Å². The first-order valence-corrected chi connectivity index (χ1v) is 12.0. The molecule has 0 spiro atoms. The molecule has 186 valence electrons. The summed E-state index contributed by atoms with van der Waals surface area (Å²) in [5.41, 5.74) is 1.38. The van der Waals surface area contributed by atoms with Gasteiger partial charge >= 0.3 is 0 Å². The molecule has 2 aliphatic rings. The Balaban J connectivity index is 1.07. The Hall–Kier alpha value is -3.83. The number of carbonyl (C=O) groups excluding carboxylic acids is 1. The molecule has 2 aliphatic heterocycles. The molecule has 0 radical (unpaired) electrons. The molecule has 0 saturated carbocycles. The van der Waals surface area contributed by atoms with Gasteiger partial charge < -0.3 is 29.4 Å². The van der Waals surface area contributed by atoms with E-state index < -0.39 is 0 Å². The highest BCUT2D eigenvalue weighted by Gasteiger charge is 2.21. The van der Waals surface area contributed by atoms with Crippen molar-refractivity contribution < 1.29 is 18.4 Å². The fourth-order valence-corrected chi connectivity index (χ4v) is 4.95. The lowest BCUT2D eigenvalue weighted by atomic mass is 10.0. The van der Waals surface area contributed by atoms with Gasteiger partial charge in [0.2, 0.25) is 0 Å². The van der Waals surface area contributed by atoms with Crippen molar-refractivity contribution in [3.63, 3.8) is 0 Å². The zero-order chi connectivity index (χ0) is 24.6. The molecule has 6 rings (SSSR count). The summed E-state index contributed by atoms with van der Waals surface area (Å²) in [4.78, 5) is 31.3. The number of ether oxygens (including phenoxy) is 1. The van der Waals surface area contributed by atoms with Crippen molar-refractivity contribution in [1.82, 2.24) is 24.9 Å². The highest BCUT2D eigenvalue weighted by molar-refractivity contribution is 6.03. The Bertz CT molecular complexity index is 1510. The van der Waals surface area contributed by atoms with Crippen LogP contribution in [0.15, 0.2) is 45.9 Å². The number of anilines is 1. The minimum Gasteiger partial charge on any atom is -0.480 e. The summed E-state index contributed by atoms with van der Waals surface area (Å²) >= 11 is 0. The smallest absolute Gasteiger partial charge is 0.281 e. The number of nitrogens with zero attached hydrogens (tertiary/aromatic N) is 4. The number of amides is 1. The van der Waals surface area contributed by atoms with Gasteiger partial charge in [-0.1, -0.05) is 5.16 Å². The van der Waals surface area contributed by atoms with E-state index in [0.717, 1.165) is 37.0 Å². The number of carbonyl (C=O) groups is 1. The maximum absolute atomic E-state index is 14.0. The number of nitrogens with one attached hydrogen (secondary N) is 2. The summed E-state index contributed by atoms with van der Waals surface area (Å²) in [5, 5.41) is 11.5. The van der Waals surface area contributed by atoms with E-state index in [0.29, 0.717) is 48.1 Å². The van der Waals surface area contributed by atoms with E-state index in [1.807, 2.05) is 12.1 Å². The maximum atomic E-state index is 14.0. The van der Waals surface area contributed by atoms with Crippen LogP contribution in [0.1, 0.15) is 18.5 Å². The molecule has 1 saturated heterocycles. The number of fused-ring (bicyclic) bond motifs is 4. The summed E-state index contributed by atoms with van der Waals surface area (Å²) in [6.07, 6.45) is 3.34. The number of rotatable bonds is 6. The van der Waals surface area contributed by atoms with Gasteiger partial charge in [-0.15, -0.1) is 0 Å². The van der Waals surface area contributed by atoms with Crippen LogP contribution in [0, 0.1) is 5.82 Å². The number of likely N-dealkylation sites (tertiary alicyclic amines) is 1. The van der Waals surface area contributed by atoms with Crippen LogP contribution in [0.2, 0.25) is 0 Å². The van der Waals surface area contributed by atoms with Crippen molar-refractivity contribution in [1.29, 1.82) is 0 Å². The molecule has 1 aromatic carbocycles. The second-order valence-electron chi connectivity index (χ2n) is 9.18. The maximum Gasteiger partial charge on any atom is 0.281 e. The van der Waals surface area contributed by atoms with Crippen LogP contribution in [0.25, 0.3) is 21.8 Å². The Morgan fingerprint density at radius 3 is 2.83 bits per heavy atom. The van der Waals surface area contributed by atoms with Crippen LogP contribution in [0.5, 0.6) is 5.75 Å².